The van der Waals surface area contributed by atoms with Crippen LogP contribution in [0.3, 0.4) is 0 Å². The number of anilines is 2. The Morgan fingerprint density at radius 1 is 1.13 bits per heavy atom. The first-order chi connectivity index (χ1) is 22.1. The predicted molar refractivity (Wildman–Crippen MR) is 181 cm³/mol. The topological polar surface area (TPSA) is 90.5 Å². The minimum absolute atomic E-state index is 0.0631. The highest BCUT2D eigenvalue weighted by molar-refractivity contribution is 5.90. The average molecular weight is 605 g/mol. The number of fused-ring (bicyclic) bond motifs is 1. The number of nitrogens with two attached hydrogens (primary N) is 1. The smallest absolute Gasteiger partial charge is 0.325 e. The molecule has 232 valence electrons. The third-order valence-corrected chi connectivity index (χ3v) is 7.83. The van der Waals surface area contributed by atoms with Crippen molar-refractivity contribution in [3.05, 3.63) is 108 Å². The molecule has 2 atom stereocenters. The number of amides is 1. The summed E-state index contributed by atoms with van der Waals surface area (Å²) in [4.78, 5) is 19.6. The van der Waals surface area contributed by atoms with E-state index in [-0.39, 0.29) is 18.2 Å². The Labute approximate surface area is 266 Å². The van der Waals surface area contributed by atoms with E-state index >= 15 is 0 Å². The molecule has 4 N–H and O–H groups in total. The maximum absolute atomic E-state index is 12.4. The van der Waals surface area contributed by atoms with Gasteiger partial charge in [0, 0.05) is 49.2 Å². The Morgan fingerprint density at radius 2 is 1.93 bits per heavy atom. The first-order valence-corrected chi connectivity index (χ1v) is 15.6. The molecule has 0 radical (unpaired) electrons. The van der Waals surface area contributed by atoms with Crippen LogP contribution in [0.4, 0.5) is 11.4 Å². The summed E-state index contributed by atoms with van der Waals surface area (Å²) in [7, 11) is 0. The molecule has 1 amide bonds. The van der Waals surface area contributed by atoms with Crippen molar-refractivity contribution in [3.8, 4) is 23.7 Å². The molecule has 3 heterocycles. The first kappa shape index (κ1) is 31.5. The maximum Gasteiger partial charge on any atom is 0.325 e. The highest BCUT2D eigenvalue weighted by Gasteiger charge is 2.32. The van der Waals surface area contributed by atoms with Crippen molar-refractivity contribution < 1.29 is 9.53 Å². The number of rotatable bonds is 14. The molecule has 0 aromatic heterocycles. The van der Waals surface area contributed by atoms with Crippen LogP contribution in [0, 0.1) is 23.8 Å². The van der Waals surface area contributed by atoms with Crippen molar-refractivity contribution in [2.75, 3.05) is 50.0 Å². The standard InChI is InChI=1S/C36H41N7O2/c1-2-30(28-42(37)23-20-36(44)40-32-10-4-3-5-11-32)35-13-7-6-12-33-17-14-29(27-39-43(33)35)26-38-31-15-18-34(19-16-31)45-25-24-41-21-8-9-22-41/h2-6,10-12,15-19,28-29,35,38H,1,8-9,14,20-26,37H2/p+1/b30-28+/t29-,35?/m0/s1. The molecule has 1 fully saturated rings. The van der Waals surface area contributed by atoms with Gasteiger partial charge in [-0.1, -0.05) is 48.8 Å². The van der Waals surface area contributed by atoms with E-state index in [0.717, 1.165) is 41.4 Å². The summed E-state index contributed by atoms with van der Waals surface area (Å²) in [5.41, 5.74) is 3.47. The SMILES string of the molecule is C=C/C(=C\N(N)CCC(=O)Nc1ccccc1)C1C#CC=CC2=CC[C@@H](CNc3ccc(OCCN4CCCC4)cc3)C#[N+]N21. The van der Waals surface area contributed by atoms with E-state index in [1.165, 1.54) is 30.9 Å². The molecule has 0 aliphatic carbocycles. The van der Waals surface area contributed by atoms with Gasteiger partial charge in [-0.3, -0.25) is 9.69 Å². The van der Waals surface area contributed by atoms with Crippen molar-refractivity contribution in [2.24, 2.45) is 11.8 Å². The van der Waals surface area contributed by atoms with E-state index in [1.54, 1.807) is 12.3 Å². The zero-order valence-corrected chi connectivity index (χ0v) is 25.7. The van der Waals surface area contributed by atoms with Gasteiger partial charge in [0.2, 0.25) is 5.91 Å². The number of benzene rings is 2. The lowest BCUT2D eigenvalue weighted by Crippen LogP contribution is -2.33. The third-order valence-electron chi connectivity index (χ3n) is 7.83. The van der Waals surface area contributed by atoms with Gasteiger partial charge in [-0.2, -0.15) is 0 Å². The monoisotopic (exact) mass is 604 g/mol. The average Bonchev–Trinajstić information content (AvgIpc) is 3.39. The number of carbonyl (C=O) groups excluding carboxylic acids is 1. The second-order valence-corrected chi connectivity index (χ2v) is 11.2. The molecular formula is C36H42N7O2+. The molecule has 9 nitrogen and oxygen atoms in total. The van der Waals surface area contributed by atoms with Crippen LogP contribution in [-0.4, -0.2) is 66.2 Å². The van der Waals surface area contributed by atoms with E-state index in [1.807, 2.05) is 71.8 Å². The Bertz CT molecular complexity index is 1520. The number of allylic oxidation sites excluding steroid dienone is 3. The number of nitrogens with one attached hydrogen (secondary N) is 2. The summed E-state index contributed by atoms with van der Waals surface area (Å²) in [5, 5.41) is 9.74. The van der Waals surface area contributed by atoms with Crippen LogP contribution in [0.25, 0.3) is 4.95 Å². The Balaban J connectivity index is 1.15. The molecule has 1 saturated heterocycles. The van der Waals surface area contributed by atoms with Gasteiger partial charge in [0.1, 0.15) is 24.0 Å². The van der Waals surface area contributed by atoms with Crippen molar-refractivity contribution in [1.82, 2.24) is 14.9 Å². The van der Waals surface area contributed by atoms with E-state index in [0.29, 0.717) is 19.7 Å². The fourth-order valence-electron chi connectivity index (χ4n) is 5.31. The van der Waals surface area contributed by atoms with Crippen LogP contribution >= 0.6 is 0 Å². The number of likely N-dealkylation sites (tertiary alicyclic amines) is 1. The molecule has 0 spiro atoms. The number of carbonyl (C=O) groups is 1. The lowest BCUT2D eigenvalue weighted by molar-refractivity contribution is -0.116. The van der Waals surface area contributed by atoms with Crippen LogP contribution in [0.2, 0.25) is 0 Å². The number of para-hydroxylation sites is 1. The van der Waals surface area contributed by atoms with Crippen LogP contribution < -0.4 is 21.2 Å². The van der Waals surface area contributed by atoms with Gasteiger partial charge < -0.3 is 20.4 Å². The summed E-state index contributed by atoms with van der Waals surface area (Å²) in [5.74, 6) is 13.5. The van der Waals surface area contributed by atoms with E-state index in [9.17, 15) is 4.79 Å². The minimum Gasteiger partial charge on any atom is -0.492 e. The number of hydrogen-bond donors (Lipinski definition) is 3. The maximum atomic E-state index is 12.4. The predicted octanol–water partition coefficient (Wildman–Crippen LogP) is 5.24. The van der Waals surface area contributed by atoms with Crippen molar-refractivity contribution in [2.45, 2.75) is 31.7 Å². The lowest BCUT2D eigenvalue weighted by atomic mass is 10.1. The zero-order chi connectivity index (χ0) is 31.3. The largest absolute Gasteiger partial charge is 0.492 e. The summed E-state index contributed by atoms with van der Waals surface area (Å²) >= 11 is 0. The van der Waals surface area contributed by atoms with Crippen molar-refractivity contribution in [1.29, 1.82) is 0 Å². The highest BCUT2D eigenvalue weighted by Crippen LogP contribution is 2.25. The molecule has 5 rings (SSSR count). The Kier molecular flexibility index (Phi) is 11.3. The van der Waals surface area contributed by atoms with Gasteiger partial charge >= 0.3 is 6.07 Å². The molecular weight excluding hydrogens is 562 g/mol. The zero-order valence-electron chi connectivity index (χ0n) is 25.7. The number of hydrazine groups is 1. The molecule has 3 aliphatic heterocycles. The van der Waals surface area contributed by atoms with E-state index in [2.05, 4.69) is 46.1 Å². The van der Waals surface area contributed by atoms with Crippen LogP contribution in [-0.2, 0) is 4.79 Å². The molecule has 9 heteroatoms. The molecule has 0 saturated carbocycles. The van der Waals surface area contributed by atoms with Crippen molar-refractivity contribution in [3.63, 3.8) is 0 Å². The van der Waals surface area contributed by atoms with Crippen LogP contribution in [0.15, 0.2) is 103 Å². The van der Waals surface area contributed by atoms with Gasteiger partial charge in [0.05, 0.1) is 4.95 Å². The quantitative estimate of drug-likeness (QED) is 0.118. The number of nitrogens with zero attached hydrogens (tertiary/aromatic N) is 4. The third kappa shape index (κ3) is 9.51. The summed E-state index contributed by atoms with van der Waals surface area (Å²) < 4.78 is 5.94. The molecule has 45 heavy (non-hydrogen) atoms. The Morgan fingerprint density at radius 3 is 2.71 bits per heavy atom. The van der Waals surface area contributed by atoms with Gasteiger partial charge in [0.25, 0.3) is 0 Å². The Hall–Kier alpha value is -4.96. The number of hydrogen-bond acceptors (Lipinski definition) is 7. The van der Waals surface area contributed by atoms with Crippen LogP contribution in [0.5, 0.6) is 5.75 Å². The second kappa shape index (κ2) is 16.2. The van der Waals surface area contributed by atoms with Gasteiger partial charge in [-0.05, 0) is 85.9 Å². The van der Waals surface area contributed by atoms with Gasteiger partial charge in [-0.25, -0.2) is 5.84 Å². The van der Waals surface area contributed by atoms with E-state index < -0.39 is 6.04 Å². The normalized spacial score (nSPS) is 19.0. The molecule has 1 unspecified atom stereocenters. The first-order valence-electron chi connectivity index (χ1n) is 15.6. The second-order valence-electron chi connectivity index (χ2n) is 11.2. The molecule has 2 aromatic carbocycles. The fourth-order valence-corrected chi connectivity index (χ4v) is 5.31. The van der Waals surface area contributed by atoms with Gasteiger partial charge in [-0.15, -0.1) is 0 Å². The van der Waals surface area contributed by atoms with E-state index in [4.69, 9.17) is 15.5 Å². The minimum atomic E-state index is -0.412. The highest BCUT2D eigenvalue weighted by atomic mass is 16.5. The summed E-state index contributed by atoms with van der Waals surface area (Å²) in [6.07, 6.45) is 13.0. The van der Waals surface area contributed by atoms with Crippen LogP contribution in [0.1, 0.15) is 25.7 Å². The summed E-state index contributed by atoms with van der Waals surface area (Å²) in [6, 6.07) is 20.4. The number of ether oxygens (including phenoxy) is 1. The fraction of sp³-hybridized carbons (Fsp3) is 0.333. The summed E-state index contributed by atoms with van der Waals surface area (Å²) in [6.45, 7) is 9.07. The lowest BCUT2D eigenvalue weighted by Gasteiger charge is -2.19. The molecule has 3 aliphatic rings. The van der Waals surface area contributed by atoms with Crippen molar-refractivity contribution >= 4 is 17.3 Å². The molecule has 0 bridgehead atoms. The molecule has 2 aromatic rings. The van der Waals surface area contributed by atoms with Gasteiger partial charge in [0.15, 0.2) is 6.04 Å².